The van der Waals surface area contributed by atoms with E-state index in [1.54, 1.807) is 24.3 Å². The molecule has 5 heteroatoms. The summed E-state index contributed by atoms with van der Waals surface area (Å²) in [7, 11) is 0. The first-order valence-corrected chi connectivity index (χ1v) is 10.5. The Bertz CT molecular complexity index is 992. The summed E-state index contributed by atoms with van der Waals surface area (Å²) in [4.78, 5) is 27.1. The van der Waals surface area contributed by atoms with Crippen molar-refractivity contribution in [3.63, 3.8) is 0 Å². The van der Waals surface area contributed by atoms with E-state index in [1.807, 2.05) is 54.6 Å². The van der Waals surface area contributed by atoms with Gasteiger partial charge in [0.25, 0.3) is 0 Å². The number of likely N-dealkylation sites (tertiary alicyclic amines) is 1. The second kappa shape index (κ2) is 10.0. The Kier molecular flexibility index (Phi) is 6.75. The summed E-state index contributed by atoms with van der Waals surface area (Å²) >= 11 is 0. The molecule has 3 aromatic rings. The molecule has 1 aliphatic rings. The van der Waals surface area contributed by atoms with Crippen LogP contribution in [0.5, 0.6) is 0 Å². The highest BCUT2D eigenvalue weighted by Crippen LogP contribution is 2.24. The van der Waals surface area contributed by atoms with Crippen molar-refractivity contribution in [1.82, 2.24) is 4.90 Å². The maximum atomic E-state index is 12.5. The minimum Gasteiger partial charge on any atom is -0.460 e. The largest absolute Gasteiger partial charge is 0.460 e. The topological polar surface area (TPSA) is 55.8 Å². The highest BCUT2D eigenvalue weighted by molar-refractivity contribution is 5.89. The predicted molar refractivity (Wildman–Crippen MR) is 118 cm³/mol. The number of carbonyl (C=O) groups is 2. The Balaban J connectivity index is 1.41. The van der Waals surface area contributed by atoms with Crippen LogP contribution in [0.1, 0.15) is 32.7 Å². The maximum absolute atomic E-state index is 12.5. The molecule has 31 heavy (non-hydrogen) atoms. The lowest BCUT2D eigenvalue weighted by Gasteiger charge is -2.23. The van der Waals surface area contributed by atoms with Crippen molar-refractivity contribution in [1.29, 1.82) is 0 Å². The van der Waals surface area contributed by atoms with Crippen LogP contribution in [0.3, 0.4) is 0 Å². The van der Waals surface area contributed by atoms with Crippen LogP contribution in [-0.4, -0.2) is 42.1 Å². The number of hydrogen-bond donors (Lipinski definition) is 0. The van der Waals surface area contributed by atoms with Crippen LogP contribution in [0, 0.1) is 0 Å². The summed E-state index contributed by atoms with van der Waals surface area (Å²) in [6.45, 7) is 1.55. The molecular formula is C26H25NO4. The first kappa shape index (κ1) is 20.8. The zero-order valence-corrected chi connectivity index (χ0v) is 17.2. The smallest absolute Gasteiger partial charge is 0.338 e. The molecule has 3 aromatic carbocycles. The van der Waals surface area contributed by atoms with E-state index in [0.29, 0.717) is 30.6 Å². The van der Waals surface area contributed by atoms with Gasteiger partial charge in [-0.05, 0) is 29.8 Å². The maximum Gasteiger partial charge on any atom is 0.338 e. The molecule has 0 bridgehead atoms. The molecule has 0 unspecified atom stereocenters. The quantitative estimate of drug-likeness (QED) is 0.537. The van der Waals surface area contributed by atoms with Gasteiger partial charge in [-0.1, -0.05) is 66.7 Å². The van der Waals surface area contributed by atoms with Crippen LogP contribution >= 0.6 is 0 Å². The van der Waals surface area contributed by atoms with Gasteiger partial charge in [0.15, 0.2) is 0 Å². The third kappa shape index (κ3) is 5.58. The van der Waals surface area contributed by atoms with Crippen LogP contribution in [0.2, 0.25) is 0 Å². The Morgan fingerprint density at radius 3 is 1.94 bits per heavy atom. The van der Waals surface area contributed by atoms with Gasteiger partial charge in [-0.3, -0.25) is 4.90 Å². The molecule has 0 aliphatic carbocycles. The Morgan fingerprint density at radius 2 is 1.32 bits per heavy atom. The summed E-state index contributed by atoms with van der Waals surface area (Å²) in [6, 6.07) is 28.1. The van der Waals surface area contributed by atoms with Crippen molar-refractivity contribution < 1.29 is 19.1 Å². The number of hydrogen-bond acceptors (Lipinski definition) is 5. The number of rotatable bonds is 7. The molecule has 0 saturated carbocycles. The second-order valence-electron chi connectivity index (χ2n) is 7.66. The van der Waals surface area contributed by atoms with E-state index in [2.05, 4.69) is 17.0 Å². The van der Waals surface area contributed by atoms with Crippen LogP contribution < -0.4 is 0 Å². The van der Waals surface area contributed by atoms with Gasteiger partial charge in [-0.25, -0.2) is 9.59 Å². The molecule has 1 fully saturated rings. The minimum atomic E-state index is -0.343. The lowest BCUT2D eigenvalue weighted by Crippen LogP contribution is -2.33. The zero-order valence-electron chi connectivity index (χ0n) is 17.2. The van der Waals surface area contributed by atoms with E-state index in [-0.39, 0.29) is 30.7 Å². The summed E-state index contributed by atoms with van der Waals surface area (Å²) in [6.07, 6.45) is 0.366. The third-order valence-electron chi connectivity index (χ3n) is 5.42. The van der Waals surface area contributed by atoms with Crippen LogP contribution in [-0.2, 0) is 16.0 Å². The average molecular weight is 415 g/mol. The summed E-state index contributed by atoms with van der Waals surface area (Å²) in [5, 5.41) is 0. The summed E-state index contributed by atoms with van der Waals surface area (Å²) in [5.41, 5.74) is 2.23. The molecule has 0 aromatic heterocycles. The molecule has 0 N–H and O–H groups in total. The zero-order chi connectivity index (χ0) is 21.5. The molecule has 1 aliphatic heterocycles. The van der Waals surface area contributed by atoms with Gasteiger partial charge < -0.3 is 9.47 Å². The van der Waals surface area contributed by atoms with Gasteiger partial charge in [0.1, 0.15) is 12.7 Å². The van der Waals surface area contributed by atoms with E-state index in [0.717, 1.165) is 5.56 Å². The molecule has 1 heterocycles. The van der Waals surface area contributed by atoms with E-state index in [1.165, 1.54) is 0 Å². The van der Waals surface area contributed by atoms with Crippen molar-refractivity contribution in [2.75, 3.05) is 13.2 Å². The molecule has 0 radical (unpaired) electrons. The normalized spacial score (nSPS) is 18.5. The van der Waals surface area contributed by atoms with Crippen molar-refractivity contribution in [3.8, 4) is 0 Å². The van der Waals surface area contributed by atoms with Gasteiger partial charge in [0, 0.05) is 25.6 Å². The summed E-state index contributed by atoms with van der Waals surface area (Å²) < 4.78 is 11.4. The number of esters is 2. The van der Waals surface area contributed by atoms with Crippen LogP contribution in [0.25, 0.3) is 0 Å². The molecule has 1 saturated heterocycles. The number of ether oxygens (including phenoxy) is 2. The Morgan fingerprint density at radius 1 is 0.774 bits per heavy atom. The lowest BCUT2D eigenvalue weighted by molar-refractivity contribution is 0.0315. The fourth-order valence-corrected chi connectivity index (χ4v) is 3.83. The van der Waals surface area contributed by atoms with E-state index in [4.69, 9.17) is 9.47 Å². The second-order valence-corrected chi connectivity index (χ2v) is 7.66. The molecular weight excluding hydrogens is 390 g/mol. The van der Waals surface area contributed by atoms with E-state index in [9.17, 15) is 9.59 Å². The van der Waals surface area contributed by atoms with Gasteiger partial charge in [-0.2, -0.15) is 0 Å². The molecule has 0 amide bonds. The van der Waals surface area contributed by atoms with Crippen molar-refractivity contribution in [3.05, 3.63) is 108 Å². The standard InChI is InChI=1S/C26H25NO4/c28-25(21-12-6-2-7-13-21)30-19-23-16-24(31-26(29)22-14-8-3-9-15-22)18-27(23)17-20-10-4-1-5-11-20/h1-15,23-24H,16-19H2/t23-,24-/m0/s1. The number of nitrogens with zero attached hydrogens (tertiary/aromatic N) is 1. The van der Waals surface area contributed by atoms with Crippen molar-refractivity contribution in [2.24, 2.45) is 0 Å². The lowest BCUT2D eigenvalue weighted by atomic mass is 10.1. The fourth-order valence-electron chi connectivity index (χ4n) is 3.83. The molecule has 5 nitrogen and oxygen atoms in total. The van der Waals surface area contributed by atoms with Crippen molar-refractivity contribution in [2.45, 2.75) is 25.1 Å². The molecule has 2 atom stereocenters. The summed E-state index contributed by atoms with van der Waals surface area (Å²) in [5.74, 6) is -0.669. The first-order valence-electron chi connectivity index (χ1n) is 10.5. The van der Waals surface area contributed by atoms with Crippen LogP contribution in [0.4, 0.5) is 0 Å². The van der Waals surface area contributed by atoms with Gasteiger partial charge in [0.05, 0.1) is 11.1 Å². The Labute approximate surface area is 182 Å². The predicted octanol–water partition coefficient (Wildman–Crippen LogP) is 4.34. The first-order chi connectivity index (χ1) is 15.2. The number of benzene rings is 3. The minimum absolute atomic E-state index is 0.0264. The van der Waals surface area contributed by atoms with Crippen LogP contribution in [0.15, 0.2) is 91.0 Å². The fraction of sp³-hybridized carbons (Fsp3) is 0.231. The van der Waals surface area contributed by atoms with Gasteiger partial charge in [-0.15, -0.1) is 0 Å². The molecule has 158 valence electrons. The highest BCUT2D eigenvalue weighted by atomic mass is 16.5. The molecule has 4 rings (SSSR count). The van der Waals surface area contributed by atoms with E-state index >= 15 is 0 Å². The monoisotopic (exact) mass is 415 g/mol. The average Bonchev–Trinajstić information content (AvgIpc) is 3.20. The highest BCUT2D eigenvalue weighted by Gasteiger charge is 2.35. The third-order valence-corrected chi connectivity index (χ3v) is 5.42. The van der Waals surface area contributed by atoms with Gasteiger partial charge in [0.2, 0.25) is 0 Å². The SMILES string of the molecule is O=C(OC[C@@H]1C[C@H](OC(=O)c2ccccc2)CN1Cc1ccccc1)c1ccccc1. The van der Waals surface area contributed by atoms with E-state index < -0.39 is 0 Å². The molecule has 0 spiro atoms. The number of carbonyl (C=O) groups excluding carboxylic acids is 2. The Hall–Kier alpha value is -3.44. The van der Waals surface area contributed by atoms with Crippen molar-refractivity contribution >= 4 is 11.9 Å². The van der Waals surface area contributed by atoms with Gasteiger partial charge >= 0.3 is 11.9 Å².